The lowest BCUT2D eigenvalue weighted by molar-refractivity contribution is 0.775. The number of hydrogen-bond acceptors (Lipinski definition) is 4. The van der Waals surface area contributed by atoms with Crippen LogP contribution in [0.5, 0.6) is 0 Å². The normalized spacial score (nSPS) is 15.1. The van der Waals surface area contributed by atoms with E-state index in [2.05, 4.69) is 29.9 Å². The molecule has 0 spiro atoms. The molecule has 0 radical (unpaired) electrons. The summed E-state index contributed by atoms with van der Waals surface area (Å²) in [4.78, 5) is 4.13. The number of rotatable bonds is 4. The van der Waals surface area contributed by atoms with Gasteiger partial charge in [0.1, 0.15) is 0 Å². The molecule has 0 aliphatic rings. The molecule has 0 aromatic carbocycles. The van der Waals surface area contributed by atoms with Gasteiger partial charge in [0.15, 0.2) is 0 Å². The van der Waals surface area contributed by atoms with Gasteiger partial charge in [-0.1, -0.05) is 6.92 Å². The standard InChI is InChI=1S/C7H16N2S2/c1-4-11-7(8-3)5-9-6(2)10/h6,9-10H,4-5H2,1-3H3. The van der Waals surface area contributed by atoms with Crippen molar-refractivity contribution in [3.05, 3.63) is 0 Å². The fourth-order valence-electron chi connectivity index (χ4n) is 0.596. The third-order valence-corrected chi connectivity index (χ3v) is 2.24. The molecule has 0 saturated heterocycles. The van der Waals surface area contributed by atoms with Crippen LogP contribution < -0.4 is 5.32 Å². The van der Waals surface area contributed by atoms with Crippen LogP contribution in [0.1, 0.15) is 13.8 Å². The molecule has 4 heteroatoms. The highest BCUT2D eigenvalue weighted by Gasteiger charge is 1.98. The average Bonchev–Trinajstić information content (AvgIpc) is 1.97. The zero-order valence-corrected chi connectivity index (χ0v) is 9.01. The number of nitrogens with one attached hydrogen (secondary N) is 1. The molecule has 66 valence electrons. The fraction of sp³-hybridized carbons (Fsp3) is 0.857. The molecule has 0 aromatic heterocycles. The summed E-state index contributed by atoms with van der Waals surface area (Å²) in [6, 6.07) is 0. The summed E-state index contributed by atoms with van der Waals surface area (Å²) in [5.41, 5.74) is 0. The van der Waals surface area contributed by atoms with Gasteiger partial charge in [-0.15, -0.1) is 11.8 Å². The van der Waals surface area contributed by atoms with Crippen molar-refractivity contribution in [1.82, 2.24) is 5.32 Å². The zero-order chi connectivity index (χ0) is 8.69. The van der Waals surface area contributed by atoms with Gasteiger partial charge in [-0.25, -0.2) is 0 Å². The van der Waals surface area contributed by atoms with E-state index in [-0.39, 0.29) is 5.37 Å². The first-order valence-corrected chi connectivity index (χ1v) is 5.20. The number of thioether (sulfide) groups is 1. The molecule has 0 bridgehead atoms. The quantitative estimate of drug-likeness (QED) is 0.306. The Hall–Kier alpha value is 0.330. The number of nitrogens with zero attached hydrogens (tertiary/aromatic N) is 1. The Labute approximate surface area is 78.7 Å². The summed E-state index contributed by atoms with van der Waals surface area (Å²) in [6.45, 7) is 4.96. The molecule has 0 aliphatic carbocycles. The highest BCUT2D eigenvalue weighted by Crippen LogP contribution is 2.02. The minimum Gasteiger partial charge on any atom is -0.300 e. The smallest absolute Gasteiger partial charge is 0.0811 e. The summed E-state index contributed by atoms with van der Waals surface area (Å²) in [5, 5.41) is 4.58. The van der Waals surface area contributed by atoms with Gasteiger partial charge in [0.25, 0.3) is 0 Å². The molecule has 0 fully saturated rings. The monoisotopic (exact) mass is 192 g/mol. The summed E-state index contributed by atoms with van der Waals surface area (Å²) in [6.07, 6.45) is 0. The Kier molecular flexibility index (Phi) is 7.22. The van der Waals surface area contributed by atoms with Gasteiger partial charge < -0.3 is 0 Å². The highest BCUT2D eigenvalue weighted by molar-refractivity contribution is 8.14. The van der Waals surface area contributed by atoms with Gasteiger partial charge in [0, 0.05) is 19.0 Å². The van der Waals surface area contributed by atoms with Crippen LogP contribution in [0.25, 0.3) is 0 Å². The maximum Gasteiger partial charge on any atom is 0.0811 e. The van der Waals surface area contributed by atoms with Crippen molar-refractivity contribution in [2.75, 3.05) is 19.3 Å². The van der Waals surface area contributed by atoms with Crippen molar-refractivity contribution in [2.45, 2.75) is 19.2 Å². The van der Waals surface area contributed by atoms with Crippen molar-refractivity contribution in [3.63, 3.8) is 0 Å². The first-order chi connectivity index (χ1) is 5.20. The number of thiol groups is 1. The third-order valence-electron chi connectivity index (χ3n) is 1.11. The molecule has 0 amide bonds. The van der Waals surface area contributed by atoms with Crippen molar-refractivity contribution >= 4 is 29.4 Å². The number of hydrogen-bond donors (Lipinski definition) is 2. The molecule has 1 unspecified atom stereocenters. The maximum atomic E-state index is 4.20. The Bertz CT molecular complexity index is 124. The minimum atomic E-state index is 0.240. The second kappa shape index (κ2) is 7.00. The van der Waals surface area contributed by atoms with E-state index in [1.54, 1.807) is 11.8 Å². The van der Waals surface area contributed by atoms with E-state index >= 15 is 0 Å². The van der Waals surface area contributed by atoms with E-state index in [4.69, 9.17) is 0 Å². The van der Waals surface area contributed by atoms with E-state index in [9.17, 15) is 0 Å². The molecule has 0 saturated carbocycles. The second-order valence-electron chi connectivity index (χ2n) is 2.11. The molecule has 1 N–H and O–H groups in total. The largest absolute Gasteiger partial charge is 0.300 e. The van der Waals surface area contributed by atoms with Crippen LogP contribution in [0.3, 0.4) is 0 Å². The van der Waals surface area contributed by atoms with Crippen LogP contribution in [0.2, 0.25) is 0 Å². The predicted octanol–water partition coefficient (Wildman–Crippen LogP) is 1.63. The second-order valence-corrected chi connectivity index (χ2v) is 4.22. The lowest BCUT2D eigenvalue weighted by atomic mass is 10.6. The van der Waals surface area contributed by atoms with Crippen molar-refractivity contribution < 1.29 is 0 Å². The van der Waals surface area contributed by atoms with Crippen LogP contribution in [0, 0.1) is 0 Å². The molecule has 0 rings (SSSR count). The first kappa shape index (κ1) is 11.3. The predicted molar refractivity (Wildman–Crippen MR) is 57.9 cm³/mol. The van der Waals surface area contributed by atoms with Gasteiger partial charge in [-0.05, 0) is 12.7 Å². The summed E-state index contributed by atoms with van der Waals surface area (Å²) in [5.74, 6) is 1.08. The van der Waals surface area contributed by atoms with Crippen molar-refractivity contribution in [2.24, 2.45) is 4.99 Å². The molecule has 1 atom stereocenters. The van der Waals surface area contributed by atoms with Gasteiger partial charge in [0.05, 0.1) is 5.04 Å². The first-order valence-electron chi connectivity index (χ1n) is 3.70. The number of aliphatic imine (C=N–C) groups is 1. The topological polar surface area (TPSA) is 24.4 Å². The SMILES string of the molecule is CCSC(CNC(C)S)=NC. The average molecular weight is 192 g/mol. The van der Waals surface area contributed by atoms with Gasteiger partial charge in [0.2, 0.25) is 0 Å². The van der Waals surface area contributed by atoms with Crippen LogP contribution in [0.15, 0.2) is 4.99 Å². The van der Waals surface area contributed by atoms with Crippen LogP contribution >= 0.6 is 24.4 Å². The van der Waals surface area contributed by atoms with Gasteiger partial charge in [-0.3, -0.25) is 10.3 Å². The highest BCUT2D eigenvalue weighted by atomic mass is 32.2. The molecule has 0 aromatic rings. The zero-order valence-electron chi connectivity index (χ0n) is 7.29. The van der Waals surface area contributed by atoms with Gasteiger partial charge >= 0.3 is 0 Å². The van der Waals surface area contributed by atoms with E-state index < -0.39 is 0 Å². The molecule has 0 heterocycles. The van der Waals surface area contributed by atoms with Crippen LogP contribution in [-0.2, 0) is 0 Å². The Morgan fingerprint density at radius 1 is 1.73 bits per heavy atom. The lowest BCUT2D eigenvalue weighted by Crippen LogP contribution is -2.26. The Morgan fingerprint density at radius 3 is 2.73 bits per heavy atom. The molecule has 0 aliphatic heterocycles. The molecular weight excluding hydrogens is 176 g/mol. The fourth-order valence-corrected chi connectivity index (χ4v) is 1.34. The minimum absolute atomic E-state index is 0.240. The summed E-state index contributed by atoms with van der Waals surface area (Å²) >= 11 is 5.98. The van der Waals surface area contributed by atoms with E-state index in [1.165, 1.54) is 0 Å². The van der Waals surface area contributed by atoms with E-state index in [0.29, 0.717) is 0 Å². The van der Waals surface area contributed by atoms with Crippen molar-refractivity contribution in [3.8, 4) is 0 Å². The lowest BCUT2D eigenvalue weighted by Gasteiger charge is -2.07. The Balaban J connectivity index is 3.53. The maximum absolute atomic E-state index is 4.20. The molecule has 11 heavy (non-hydrogen) atoms. The summed E-state index contributed by atoms with van der Waals surface area (Å²) < 4.78 is 0. The molecule has 2 nitrogen and oxygen atoms in total. The third kappa shape index (κ3) is 6.72. The van der Waals surface area contributed by atoms with E-state index in [0.717, 1.165) is 17.3 Å². The van der Waals surface area contributed by atoms with Gasteiger partial charge in [-0.2, -0.15) is 12.6 Å². The molecular formula is C7H16N2S2. The van der Waals surface area contributed by atoms with E-state index in [1.807, 2.05) is 14.0 Å². The van der Waals surface area contributed by atoms with Crippen molar-refractivity contribution in [1.29, 1.82) is 0 Å². The van der Waals surface area contributed by atoms with Crippen LogP contribution in [-0.4, -0.2) is 29.8 Å². The Morgan fingerprint density at radius 2 is 2.36 bits per heavy atom. The summed E-state index contributed by atoms with van der Waals surface area (Å²) in [7, 11) is 1.82. The van der Waals surface area contributed by atoms with Crippen LogP contribution in [0.4, 0.5) is 0 Å².